The zero-order valence-electron chi connectivity index (χ0n) is 12.9. The van der Waals surface area contributed by atoms with Crippen LogP contribution in [0.4, 0.5) is 13.2 Å². The summed E-state index contributed by atoms with van der Waals surface area (Å²) in [4.78, 5) is 0. The fourth-order valence-corrected chi connectivity index (χ4v) is 3.47. The van der Waals surface area contributed by atoms with E-state index in [4.69, 9.17) is 5.26 Å². The number of rotatable bonds is 5. The molecule has 0 aliphatic heterocycles. The van der Waals surface area contributed by atoms with Gasteiger partial charge in [0.2, 0.25) is 0 Å². The molecule has 0 aromatic heterocycles. The third kappa shape index (κ3) is 4.48. The van der Waals surface area contributed by atoms with Gasteiger partial charge in [0.05, 0.1) is 16.9 Å². The first-order valence-corrected chi connectivity index (χ1v) is 8.82. The standard InChI is InChI=1S/C18H14F3NO2S/c19-18(20,21)25(23,24)17(16-11-9-15(13-22)10-12-16)8-4-7-14-5-2-1-3-6-14/h1-7,9-12,17H,8H2/b7-4+. The molecule has 130 valence electrons. The Labute approximate surface area is 144 Å². The summed E-state index contributed by atoms with van der Waals surface area (Å²) >= 11 is 0. The maximum absolute atomic E-state index is 13.0. The summed E-state index contributed by atoms with van der Waals surface area (Å²) in [5.41, 5.74) is -4.36. The Morgan fingerprint density at radius 3 is 2.16 bits per heavy atom. The second kappa shape index (κ2) is 7.53. The maximum atomic E-state index is 13.0. The summed E-state index contributed by atoms with van der Waals surface area (Å²) in [5.74, 6) is 0. The lowest BCUT2D eigenvalue weighted by Crippen LogP contribution is -2.29. The van der Waals surface area contributed by atoms with E-state index in [1.165, 1.54) is 30.3 Å². The van der Waals surface area contributed by atoms with Gasteiger partial charge in [-0.1, -0.05) is 54.6 Å². The molecule has 0 spiro atoms. The Bertz CT molecular complexity index is 881. The van der Waals surface area contributed by atoms with Crippen molar-refractivity contribution in [2.75, 3.05) is 0 Å². The lowest BCUT2D eigenvalue weighted by molar-refractivity contribution is -0.0445. The molecule has 0 heterocycles. The summed E-state index contributed by atoms with van der Waals surface area (Å²) in [6, 6.07) is 15.8. The molecule has 0 N–H and O–H groups in total. The van der Waals surface area contributed by atoms with Crippen LogP contribution in [0.5, 0.6) is 0 Å². The number of nitrogens with zero attached hydrogens (tertiary/aromatic N) is 1. The van der Waals surface area contributed by atoms with E-state index in [1.807, 2.05) is 6.07 Å². The van der Waals surface area contributed by atoms with Gasteiger partial charge >= 0.3 is 5.51 Å². The van der Waals surface area contributed by atoms with Gasteiger partial charge in [-0.25, -0.2) is 8.42 Å². The Balaban J connectivity index is 2.35. The Kier molecular flexibility index (Phi) is 5.65. The second-order valence-corrected chi connectivity index (χ2v) is 7.38. The van der Waals surface area contributed by atoms with Crippen LogP contribution in [0.15, 0.2) is 60.7 Å². The molecule has 0 fully saturated rings. The van der Waals surface area contributed by atoms with Gasteiger partial charge in [-0.15, -0.1) is 0 Å². The summed E-state index contributed by atoms with van der Waals surface area (Å²) in [7, 11) is -5.40. The molecule has 0 radical (unpaired) electrons. The lowest BCUT2D eigenvalue weighted by atomic mass is 10.1. The van der Waals surface area contributed by atoms with Gasteiger partial charge in [-0.3, -0.25) is 0 Å². The quantitative estimate of drug-likeness (QED) is 0.776. The van der Waals surface area contributed by atoms with Crippen molar-refractivity contribution in [2.45, 2.75) is 17.2 Å². The molecule has 3 nitrogen and oxygen atoms in total. The van der Waals surface area contributed by atoms with E-state index in [-0.39, 0.29) is 17.5 Å². The highest BCUT2D eigenvalue weighted by atomic mass is 32.2. The highest BCUT2D eigenvalue weighted by Gasteiger charge is 2.50. The lowest BCUT2D eigenvalue weighted by Gasteiger charge is -2.18. The molecular formula is C18H14F3NO2S. The number of hydrogen-bond donors (Lipinski definition) is 0. The SMILES string of the molecule is N#Cc1ccc(C(C/C=C/c2ccccc2)S(=O)(=O)C(F)(F)F)cc1. The number of hydrogen-bond acceptors (Lipinski definition) is 3. The summed E-state index contributed by atoms with van der Waals surface area (Å²) in [5, 5.41) is 7.00. The minimum atomic E-state index is -5.40. The average molecular weight is 365 g/mol. The predicted octanol–water partition coefficient (Wildman–Crippen LogP) is 4.64. The van der Waals surface area contributed by atoms with Crippen LogP contribution in [0.1, 0.15) is 28.4 Å². The number of benzene rings is 2. The zero-order valence-corrected chi connectivity index (χ0v) is 13.8. The van der Waals surface area contributed by atoms with E-state index < -0.39 is 20.6 Å². The number of alkyl halides is 3. The van der Waals surface area contributed by atoms with Crippen LogP contribution >= 0.6 is 0 Å². The van der Waals surface area contributed by atoms with Crippen molar-refractivity contribution in [1.29, 1.82) is 5.26 Å². The molecule has 0 saturated carbocycles. The van der Waals surface area contributed by atoms with Crippen molar-refractivity contribution in [3.05, 3.63) is 77.4 Å². The molecule has 0 bridgehead atoms. The summed E-state index contributed by atoms with van der Waals surface area (Å²) in [6.07, 6.45) is 2.65. The van der Waals surface area contributed by atoms with Gasteiger partial charge < -0.3 is 0 Å². The van der Waals surface area contributed by atoms with Crippen molar-refractivity contribution >= 4 is 15.9 Å². The van der Waals surface area contributed by atoms with E-state index in [0.717, 1.165) is 5.56 Å². The Morgan fingerprint density at radius 1 is 1.04 bits per heavy atom. The molecule has 1 atom stereocenters. The van der Waals surface area contributed by atoms with E-state index in [2.05, 4.69) is 0 Å². The predicted molar refractivity (Wildman–Crippen MR) is 89.0 cm³/mol. The van der Waals surface area contributed by atoms with Crippen LogP contribution in [0, 0.1) is 11.3 Å². The molecule has 2 rings (SSSR count). The monoisotopic (exact) mass is 365 g/mol. The van der Waals surface area contributed by atoms with Gasteiger partial charge in [0, 0.05) is 0 Å². The van der Waals surface area contributed by atoms with E-state index in [1.54, 1.807) is 36.4 Å². The van der Waals surface area contributed by atoms with Crippen molar-refractivity contribution in [1.82, 2.24) is 0 Å². The molecule has 0 saturated heterocycles. The molecule has 7 heteroatoms. The van der Waals surface area contributed by atoms with Crippen molar-refractivity contribution in [3.8, 4) is 6.07 Å². The van der Waals surface area contributed by atoms with E-state index in [0.29, 0.717) is 0 Å². The van der Waals surface area contributed by atoms with Gasteiger partial charge in [-0.05, 0) is 29.7 Å². The van der Waals surface area contributed by atoms with Gasteiger partial charge in [-0.2, -0.15) is 18.4 Å². The molecular weight excluding hydrogens is 351 g/mol. The molecule has 0 amide bonds. The minimum Gasteiger partial charge on any atom is -0.219 e. The normalized spacial score (nSPS) is 13.5. The maximum Gasteiger partial charge on any atom is 0.498 e. The largest absolute Gasteiger partial charge is 0.498 e. The van der Waals surface area contributed by atoms with Crippen LogP contribution in [-0.4, -0.2) is 13.9 Å². The van der Waals surface area contributed by atoms with Crippen LogP contribution in [0.2, 0.25) is 0 Å². The highest BCUT2D eigenvalue weighted by molar-refractivity contribution is 7.92. The molecule has 25 heavy (non-hydrogen) atoms. The zero-order chi connectivity index (χ0) is 18.5. The number of allylic oxidation sites excluding steroid dienone is 1. The van der Waals surface area contributed by atoms with E-state index >= 15 is 0 Å². The molecule has 2 aromatic carbocycles. The summed E-state index contributed by atoms with van der Waals surface area (Å²) < 4.78 is 62.9. The second-order valence-electron chi connectivity index (χ2n) is 5.26. The number of halogens is 3. The van der Waals surface area contributed by atoms with Gasteiger partial charge in [0.25, 0.3) is 9.84 Å². The minimum absolute atomic E-state index is 0.00552. The fourth-order valence-electron chi connectivity index (χ4n) is 2.27. The van der Waals surface area contributed by atoms with Crippen LogP contribution < -0.4 is 0 Å². The van der Waals surface area contributed by atoms with Crippen LogP contribution in [0.25, 0.3) is 6.08 Å². The Hall–Kier alpha value is -2.59. The van der Waals surface area contributed by atoms with Crippen molar-refractivity contribution in [3.63, 3.8) is 0 Å². The highest BCUT2D eigenvalue weighted by Crippen LogP contribution is 2.38. The topological polar surface area (TPSA) is 57.9 Å². The summed E-state index contributed by atoms with van der Waals surface area (Å²) in [6.45, 7) is 0. The Morgan fingerprint density at radius 2 is 1.64 bits per heavy atom. The molecule has 2 aromatic rings. The van der Waals surface area contributed by atoms with Gasteiger partial charge in [0.1, 0.15) is 0 Å². The first kappa shape index (κ1) is 18.7. The van der Waals surface area contributed by atoms with E-state index in [9.17, 15) is 21.6 Å². The fraction of sp³-hybridized carbons (Fsp3) is 0.167. The van der Waals surface area contributed by atoms with Gasteiger partial charge in [0.15, 0.2) is 0 Å². The first-order valence-electron chi connectivity index (χ1n) is 7.27. The van der Waals surface area contributed by atoms with Crippen LogP contribution in [-0.2, 0) is 9.84 Å². The average Bonchev–Trinajstić information content (AvgIpc) is 2.59. The van der Waals surface area contributed by atoms with Crippen LogP contribution in [0.3, 0.4) is 0 Å². The smallest absolute Gasteiger partial charge is 0.219 e. The molecule has 0 aliphatic rings. The molecule has 0 aliphatic carbocycles. The van der Waals surface area contributed by atoms with Crippen molar-refractivity contribution < 1.29 is 21.6 Å². The van der Waals surface area contributed by atoms with Crippen molar-refractivity contribution in [2.24, 2.45) is 0 Å². The number of nitriles is 1. The third-order valence-electron chi connectivity index (χ3n) is 3.57. The third-order valence-corrected chi connectivity index (χ3v) is 5.43. The molecule has 1 unspecified atom stereocenters. The number of sulfone groups is 1. The first-order chi connectivity index (χ1) is 11.8.